The molecule has 0 radical (unpaired) electrons. The lowest BCUT2D eigenvalue weighted by atomic mass is 10.3. The van der Waals surface area contributed by atoms with Crippen molar-refractivity contribution in [1.82, 2.24) is 4.98 Å². The van der Waals surface area contributed by atoms with E-state index in [1.807, 2.05) is 6.07 Å². The molecule has 0 fully saturated rings. The number of aromatic nitrogens is 1. The highest BCUT2D eigenvalue weighted by Gasteiger charge is 2.24. The Morgan fingerprint density at radius 1 is 1.19 bits per heavy atom. The maximum absolute atomic E-state index is 12.7. The molecular formula is C17H14ClN3O3S2. The van der Waals surface area contributed by atoms with Gasteiger partial charge in [0.25, 0.3) is 15.9 Å². The largest absolute Gasteiger partial charge is 0.306 e. The molecule has 3 rings (SSSR count). The Morgan fingerprint density at radius 3 is 2.58 bits per heavy atom. The standard InChI is InChI=1S/C17H14ClN3O3S2/c1-21(13-5-3-2-4-6-13)26(23,24)14-9-15(25-11-14)17(22)20-16-8-7-12(18)10-19-16/h2-11H,1H3,(H,19,20,22). The summed E-state index contributed by atoms with van der Waals surface area (Å²) in [6.45, 7) is 0. The zero-order chi connectivity index (χ0) is 18.7. The average molecular weight is 408 g/mol. The maximum Gasteiger partial charge on any atom is 0.266 e. The van der Waals surface area contributed by atoms with Gasteiger partial charge in [0.05, 0.1) is 20.5 Å². The first-order chi connectivity index (χ1) is 12.4. The van der Waals surface area contributed by atoms with Gasteiger partial charge in [0, 0.05) is 18.6 Å². The second-order valence-corrected chi connectivity index (χ2v) is 8.59. The van der Waals surface area contributed by atoms with Gasteiger partial charge in [0.2, 0.25) is 0 Å². The molecule has 0 bridgehead atoms. The van der Waals surface area contributed by atoms with E-state index in [0.29, 0.717) is 16.5 Å². The molecule has 6 nitrogen and oxygen atoms in total. The number of amides is 1. The van der Waals surface area contributed by atoms with E-state index >= 15 is 0 Å². The molecule has 0 atom stereocenters. The molecule has 2 heterocycles. The minimum atomic E-state index is -3.75. The zero-order valence-electron chi connectivity index (χ0n) is 13.6. The molecule has 0 saturated carbocycles. The third kappa shape index (κ3) is 3.87. The van der Waals surface area contributed by atoms with Crippen molar-refractivity contribution in [2.75, 3.05) is 16.7 Å². The number of nitrogens with one attached hydrogen (secondary N) is 1. The number of carbonyl (C=O) groups is 1. The Kier molecular flexibility index (Phi) is 5.26. The monoisotopic (exact) mass is 407 g/mol. The van der Waals surface area contributed by atoms with E-state index < -0.39 is 15.9 Å². The number of hydrogen-bond acceptors (Lipinski definition) is 5. The summed E-state index contributed by atoms with van der Waals surface area (Å²) in [4.78, 5) is 16.6. The summed E-state index contributed by atoms with van der Waals surface area (Å²) in [7, 11) is -2.28. The Hall–Kier alpha value is -2.42. The van der Waals surface area contributed by atoms with E-state index in [1.165, 1.54) is 29.0 Å². The topological polar surface area (TPSA) is 79.4 Å². The van der Waals surface area contributed by atoms with Crippen molar-refractivity contribution in [1.29, 1.82) is 0 Å². The van der Waals surface area contributed by atoms with Crippen molar-refractivity contribution in [2.24, 2.45) is 0 Å². The molecule has 1 amide bonds. The third-order valence-electron chi connectivity index (χ3n) is 3.55. The molecule has 0 aliphatic heterocycles. The molecule has 0 aliphatic rings. The number of sulfonamides is 1. The molecule has 1 N–H and O–H groups in total. The van der Waals surface area contributed by atoms with E-state index in [-0.39, 0.29) is 9.77 Å². The molecule has 1 aromatic carbocycles. The van der Waals surface area contributed by atoms with Crippen LogP contribution in [0.15, 0.2) is 65.0 Å². The second-order valence-electron chi connectivity index (χ2n) is 5.27. The Balaban J connectivity index is 1.80. The van der Waals surface area contributed by atoms with Crippen molar-refractivity contribution in [3.63, 3.8) is 0 Å². The molecule has 0 aliphatic carbocycles. The number of thiophene rings is 1. The molecule has 0 unspecified atom stereocenters. The first-order valence-corrected chi connectivity index (χ1v) is 10.1. The van der Waals surface area contributed by atoms with E-state index in [0.717, 1.165) is 11.3 Å². The molecule has 0 spiro atoms. The van der Waals surface area contributed by atoms with Crippen LogP contribution in [-0.2, 0) is 10.0 Å². The van der Waals surface area contributed by atoms with Crippen LogP contribution in [0.5, 0.6) is 0 Å². The fourth-order valence-electron chi connectivity index (χ4n) is 2.14. The predicted molar refractivity (Wildman–Crippen MR) is 104 cm³/mol. The number of anilines is 2. The van der Waals surface area contributed by atoms with E-state index in [4.69, 9.17) is 11.6 Å². The first-order valence-electron chi connectivity index (χ1n) is 7.43. The minimum absolute atomic E-state index is 0.0584. The molecule has 2 aromatic heterocycles. The highest BCUT2D eigenvalue weighted by molar-refractivity contribution is 7.93. The van der Waals surface area contributed by atoms with Gasteiger partial charge in [-0.25, -0.2) is 13.4 Å². The summed E-state index contributed by atoms with van der Waals surface area (Å²) in [5, 5.41) is 4.50. The van der Waals surface area contributed by atoms with Crippen molar-refractivity contribution >= 4 is 50.4 Å². The van der Waals surface area contributed by atoms with Crippen LogP contribution in [0.4, 0.5) is 11.5 Å². The van der Waals surface area contributed by atoms with Crippen molar-refractivity contribution < 1.29 is 13.2 Å². The van der Waals surface area contributed by atoms with Gasteiger partial charge >= 0.3 is 0 Å². The van der Waals surface area contributed by atoms with Gasteiger partial charge in [-0.15, -0.1) is 11.3 Å². The van der Waals surface area contributed by atoms with Crippen molar-refractivity contribution in [2.45, 2.75) is 4.90 Å². The molecular weight excluding hydrogens is 394 g/mol. The maximum atomic E-state index is 12.7. The van der Waals surface area contributed by atoms with Crippen LogP contribution in [0.25, 0.3) is 0 Å². The van der Waals surface area contributed by atoms with Gasteiger partial charge in [-0.3, -0.25) is 9.10 Å². The highest BCUT2D eigenvalue weighted by atomic mass is 35.5. The van der Waals surface area contributed by atoms with Crippen LogP contribution in [-0.4, -0.2) is 26.4 Å². The number of para-hydroxylation sites is 1. The van der Waals surface area contributed by atoms with Crippen molar-refractivity contribution in [3.05, 3.63) is 70.0 Å². The van der Waals surface area contributed by atoms with Gasteiger partial charge in [-0.2, -0.15) is 0 Å². The number of benzene rings is 1. The summed E-state index contributed by atoms with van der Waals surface area (Å²) < 4.78 is 26.7. The zero-order valence-corrected chi connectivity index (χ0v) is 16.0. The van der Waals surface area contributed by atoms with Gasteiger partial charge in [-0.05, 0) is 30.3 Å². The fourth-order valence-corrected chi connectivity index (χ4v) is 4.60. The van der Waals surface area contributed by atoms with Gasteiger partial charge < -0.3 is 5.32 Å². The number of hydrogen-bond donors (Lipinski definition) is 1. The summed E-state index contributed by atoms with van der Waals surface area (Å²) in [6.07, 6.45) is 1.41. The summed E-state index contributed by atoms with van der Waals surface area (Å²) in [5.74, 6) is -0.104. The van der Waals surface area contributed by atoms with E-state index in [9.17, 15) is 13.2 Å². The fraction of sp³-hybridized carbons (Fsp3) is 0.0588. The number of halogens is 1. The van der Waals surface area contributed by atoms with Crippen LogP contribution < -0.4 is 9.62 Å². The smallest absolute Gasteiger partial charge is 0.266 e. The minimum Gasteiger partial charge on any atom is -0.306 e. The molecule has 0 saturated heterocycles. The van der Waals surface area contributed by atoms with Crippen LogP contribution >= 0.6 is 22.9 Å². The van der Waals surface area contributed by atoms with E-state index in [2.05, 4.69) is 10.3 Å². The Labute approximate surface area is 160 Å². The summed E-state index contributed by atoms with van der Waals surface area (Å²) >= 11 is 6.80. The van der Waals surface area contributed by atoms with Gasteiger partial charge in [0.15, 0.2) is 0 Å². The quantitative estimate of drug-likeness (QED) is 0.696. The lowest BCUT2D eigenvalue weighted by molar-refractivity contribution is 0.103. The Morgan fingerprint density at radius 2 is 1.92 bits per heavy atom. The number of carbonyl (C=O) groups excluding carboxylic acids is 1. The normalized spacial score (nSPS) is 11.2. The lowest BCUT2D eigenvalue weighted by Crippen LogP contribution is -2.26. The number of rotatable bonds is 5. The molecule has 134 valence electrons. The van der Waals surface area contributed by atoms with Gasteiger partial charge in [-0.1, -0.05) is 29.8 Å². The predicted octanol–water partition coefficient (Wildman–Crippen LogP) is 3.87. The van der Waals surface area contributed by atoms with E-state index in [1.54, 1.807) is 36.4 Å². The Bertz CT molecular complexity index is 1020. The lowest BCUT2D eigenvalue weighted by Gasteiger charge is -2.18. The van der Waals surface area contributed by atoms with Gasteiger partial charge in [0.1, 0.15) is 5.82 Å². The molecule has 26 heavy (non-hydrogen) atoms. The first kappa shape index (κ1) is 18.4. The molecule has 9 heteroatoms. The summed E-state index contributed by atoms with van der Waals surface area (Å²) in [5.41, 5.74) is 0.537. The SMILES string of the molecule is CN(c1ccccc1)S(=O)(=O)c1csc(C(=O)Nc2ccc(Cl)cn2)c1. The summed E-state index contributed by atoms with van der Waals surface area (Å²) in [6, 6.07) is 13.2. The van der Waals surface area contributed by atoms with Crippen LogP contribution in [0.1, 0.15) is 9.67 Å². The third-order valence-corrected chi connectivity index (χ3v) is 6.61. The average Bonchev–Trinajstić information content (AvgIpc) is 3.15. The van der Waals surface area contributed by atoms with Crippen LogP contribution in [0.3, 0.4) is 0 Å². The number of nitrogens with zero attached hydrogens (tertiary/aromatic N) is 2. The number of pyridine rings is 1. The second kappa shape index (κ2) is 7.45. The highest BCUT2D eigenvalue weighted by Crippen LogP contribution is 2.26. The van der Waals surface area contributed by atoms with Crippen LogP contribution in [0.2, 0.25) is 5.02 Å². The molecule has 3 aromatic rings. The van der Waals surface area contributed by atoms with Crippen LogP contribution in [0, 0.1) is 0 Å². The van der Waals surface area contributed by atoms with Crippen molar-refractivity contribution in [3.8, 4) is 0 Å².